The van der Waals surface area contributed by atoms with Crippen molar-refractivity contribution in [2.45, 2.75) is 30.3 Å². The molecule has 1 amide bonds. The van der Waals surface area contributed by atoms with E-state index in [1.165, 1.54) is 23.5 Å². The molecule has 1 aromatic heterocycles. The molecule has 1 saturated heterocycles. The van der Waals surface area contributed by atoms with Crippen molar-refractivity contribution < 1.29 is 26.4 Å². The minimum atomic E-state index is -4.15. The summed E-state index contributed by atoms with van der Waals surface area (Å²) < 4.78 is 65.0. The van der Waals surface area contributed by atoms with Crippen LogP contribution in [0.1, 0.15) is 19.3 Å². The Balaban J connectivity index is 1.40. The van der Waals surface area contributed by atoms with Crippen LogP contribution in [0.15, 0.2) is 35.2 Å². The zero-order valence-electron chi connectivity index (χ0n) is 17.6. The summed E-state index contributed by atoms with van der Waals surface area (Å²) in [6, 6.07) is 7.90. The van der Waals surface area contributed by atoms with E-state index in [0.29, 0.717) is 36.2 Å². The van der Waals surface area contributed by atoms with Crippen LogP contribution in [0.25, 0.3) is 10.9 Å². The topological polar surface area (TPSA) is 82.6 Å². The summed E-state index contributed by atoms with van der Waals surface area (Å²) >= 11 is 0. The second-order valence-electron chi connectivity index (χ2n) is 8.39. The van der Waals surface area contributed by atoms with Crippen molar-refractivity contribution in [1.82, 2.24) is 14.2 Å². The summed E-state index contributed by atoms with van der Waals surface area (Å²) in [7, 11) is -2.25. The van der Waals surface area contributed by atoms with Crippen LogP contribution in [-0.2, 0) is 14.8 Å². The zero-order chi connectivity index (χ0) is 23.1. The molecule has 0 spiro atoms. The molecule has 32 heavy (non-hydrogen) atoms. The number of likely N-dealkylation sites (N-methyl/N-ethyl adjacent to an activating group) is 1. The molecule has 0 unspecified atom stereocenters. The minimum absolute atomic E-state index is 0.0487. The molecule has 0 radical (unpaired) electrons. The molecule has 7 nitrogen and oxygen atoms in total. The van der Waals surface area contributed by atoms with Gasteiger partial charge in [-0.25, -0.2) is 13.4 Å². The predicted molar refractivity (Wildman–Crippen MR) is 114 cm³/mol. The molecule has 1 aliphatic heterocycles. The van der Waals surface area contributed by atoms with Crippen molar-refractivity contribution in [3.63, 3.8) is 0 Å². The fourth-order valence-electron chi connectivity index (χ4n) is 3.97. The number of likely N-dealkylation sites (tertiary alicyclic amines) is 1. The molecule has 2 atom stereocenters. The van der Waals surface area contributed by atoms with Crippen LogP contribution >= 0.6 is 0 Å². The number of benzene rings is 1. The lowest BCUT2D eigenvalue weighted by molar-refractivity contribution is -0.150. The van der Waals surface area contributed by atoms with E-state index in [2.05, 4.69) is 10.3 Å². The molecule has 2 aromatic rings. The van der Waals surface area contributed by atoms with E-state index in [1.807, 2.05) is 0 Å². The Kier molecular flexibility index (Phi) is 6.06. The summed E-state index contributed by atoms with van der Waals surface area (Å²) in [6.45, 7) is 1.41. The average Bonchev–Trinajstić information content (AvgIpc) is 3.44. The van der Waals surface area contributed by atoms with Crippen molar-refractivity contribution in [2.24, 2.45) is 11.8 Å². The highest BCUT2D eigenvalue weighted by atomic mass is 32.2. The van der Waals surface area contributed by atoms with Gasteiger partial charge in [0.05, 0.1) is 16.3 Å². The number of halogens is 3. The van der Waals surface area contributed by atoms with Crippen molar-refractivity contribution in [1.29, 1.82) is 0 Å². The minimum Gasteiger partial charge on any atom is -0.370 e. The highest BCUT2D eigenvalue weighted by Gasteiger charge is 2.55. The summed E-state index contributed by atoms with van der Waals surface area (Å²) in [5.41, 5.74) is 0.544. The van der Waals surface area contributed by atoms with E-state index in [9.17, 15) is 26.4 Å². The van der Waals surface area contributed by atoms with Gasteiger partial charge in [-0.2, -0.15) is 17.5 Å². The maximum Gasteiger partial charge on any atom is 0.392 e. The van der Waals surface area contributed by atoms with Crippen LogP contribution in [-0.4, -0.2) is 67.9 Å². The molecule has 1 N–H and O–H groups in total. The number of rotatable bonds is 8. The Hall–Kier alpha value is -2.40. The predicted octanol–water partition coefficient (Wildman–Crippen LogP) is 3.09. The lowest BCUT2D eigenvalue weighted by atomic mass is 10.2. The number of hydrogen-bond donors (Lipinski definition) is 1. The van der Waals surface area contributed by atoms with E-state index in [0.717, 1.165) is 6.42 Å². The number of nitrogens with zero attached hydrogens (tertiary/aromatic N) is 3. The Labute approximate surface area is 184 Å². The fourth-order valence-corrected chi connectivity index (χ4v) is 5.17. The van der Waals surface area contributed by atoms with Crippen LogP contribution < -0.4 is 5.32 Å². The van der Waals surface area contributed by atoms with Gasteiger partial charge in [0.15, 0.2) is 0 Å². The van der Waals surface area contributed by atoms with Gasteiger partial charge >= 0.3 is 6.18 Å². The largest absolute Gasteiger partial charge is 0.392 e. The molecule has 2 aliphatic rings. The first-order valence-electron chi connectivity index (χ1n) is 10.5. The van der Waals surface area contributed by atoms with Crippen LogP contribution in [0, 0.1) is 11.8 Å². The highest BCUT2D eigenvalue weighted by Crippen LogP contribution is 2.49. The number of aromatic nitrogens is 1. The van der Waals surface area contributed by atoms with Crippen LogP contribution in [0.3, 0.4) is 0 Å². The summed E-state index contributed by atoms with van der Waals surface area (Å²) in [5, 5.41) is 3.55. The van der Waals surface area contributed by atoms with Crippen LogP contribution in [0.2, 0.25) is 0 Å². The number of anilines is 1. The first-order chi connectivity index (χ1) is 15.1. The van der Waals surface area contributed by atoms with E-state index < -0.39 is 28.0 Å². The van der Waals surface area contributed by atoms with Crippen LogP contribution in [0.4, 0.5) is 19.0 Å². The molecule has 1 aromatic carbocycles. The van der Waals surface area contributed by atoms with Crippen molar-refractivity contribution in [2.75, 3.05) is 38.5 Å². The van der Waals surface area contributed by atoms with E-state index in [1.54, 1.807) is 23.1 Å². The number of hydrogen-bond acceptors (Lipinski definition) is 5. The van der Waals surface area contributed by atoms with E-state index in [4.69, 9.17) is 0 Å². The van der Waals surface area contributed by atoms with Gasteiger partial charge in [0.1, 0.15) is 5.82 Å². The third kappa shape index (κ3) is 4.83. The molecular weight excluding hydrogens is 445 g/mol. The SMILES string of the molecule is CN(CCN1CCCC1=O)S(=O)(=O)c1ccc2nc(NC[C@@H]3C[C@H]3C(F)(F)F)ccc2c1. The summed E-state index contributed by atoms with van der Waals surface area (Å²) in [6.07, 6.45) is -2.71. The molecule has 2 fully saturated rings. The quantitative estimate of drug-likeness (QED) is 0.641. The molecule has 11 heteroatoms. The monoisotopic (exact) mass is 470 g/mol. The van der Waals surface area contributed by atoms with Gasteiger partial charge in [-0.3, -0.25) is 4.79 Å². The summed E-state index contributed by atoms with van der Waals surface area (Å²) in [4.78, 5) is 17.9. The van der Waals surface area contributed by atoms with Crippen molar-refractivity contribution >= 4 is 32.7 Å². The average molecular weight is 471 g/mol. The number of sulfonamides is 1. The Morgan fingerprint density at radius 2 is 2.03 bits per heavy atom. The van der Waals surface area contributed by atoms with Crippen molar-refractivity contribution in [3.8, 4) is 0 Å². The third-order valence-corrected chi connectivity index (χ3v) is 7.97. The molecule has 1 aliphatic carbocycles. The normalized spacial score (nSPS) is 21.5. The van der Waals surface area contributed by atoms with Gasteiger partial charge in [0.25, 0.3) is 0 Å². The third-order valence-electron chi connectivity index (χ3n) is 6.11. The standard InChI is InChI=1S/C21H25F3N4O3S/c1-27(9-10-28-8-2-3-20(28)29)32(30,31)16-5-6-18-14(11-16)4-7-19(26-18)25-13-15-12-17(15)21(22,23)24/h4-7,11,15,17H,2-3,8-10,12-13H2,1H3,(H,25,26)/t15-,17+/m0/s1. The van der Waals surface area contributed by atoms with Gasteiger partial charge in [-0.1, -0.05) is 0 Å². The second-order valence-corrected chi connectivity index (χ2v) is 10.4. The van der Waals surface area contributed by atoms with Gasteiger partial charge in [0, 0.05) is 45.0 Å². The fraction of sp³-hybridized carbons (Fsp3) is 0.524. The number of carbonyl (C=O) groups is 1. The number of amides is 1. The van der Waals surface area contributed by atoms with Crippen LogP contribution in [0.5, 0.6) is 0 Å². The Bertz CT molecular complexity index is 1120. The Morgan fingerprint density at radius 1 is 1.25 bits per heavy atom. The molecule has 4 rings (SSSR count). The lowest BCUT2D eigenvalue weighted by Crippen LogP contribution is -2.36. The number of pyridine rings is 1. The molecule has 1 saturated carbocycles. The Morgan fingerprint density at radius 3 is 2.69 bits per heavy atom. The van der Waals surface area contributed by atoms with Gasteiger partial charge in [0.2, 0.25) is 15.9 Å². The first-order valence-corrected chi connectivity index (χ1v) is 12.0. The zero-order valence-corrected chi connectivity index (χ0v) is 18.4. The van der Waals surface area contributed by atoms with Crippen molar-refractivity contribution in [3.05, 3.63) is 30.3 Å². The van der Waals surface area contributed by atoms with Gasteiger partial charge in [-0.05, 0) is 49.1 Å². The van der Waals surface area contributed by atoms with E-state index >= 15 is 0 Å². The second kappa shape index (κ2) is 8.51. The number of carbonyl (C=O) groups excluding carboxylic acids is 1. The van der Waals surface area contributed by atoms with E-state index in [-0.39, 0.29) is 30.3 Å². The highest BCUT2D eigenvalue weighted by molar-refractivity contribution is 7.89. The first kappa shape index (κ1) is 22.8. The maximum absolute atomic E-state index is 12.9. The molecule has 174 valence electrons. The summed E-state index contributed by atoms with van der Waals surface area (Å²) in [5.74, 6) is -1.18. The lowest BCUT2D eigenvalue weighted by Gasteiger charge is -2.21. The number of nitrogens with one attached hydrogen (secondary N) is 1. The number of alkyl halides is 3. The van der Waals surface area contributed by atoms with Gasteiger partial charge in [-0.15, -0.1) is 0 Å². The smallest absolute Gasteiger partial charge is 0.370 e. The van der Waals surface area contributed by atoms with Gasteiger partial charge < -0.3 is 10.2 Å². The number of fused-ring (bicyclic) bond motifs is 1. The molecule has 0 bridgehead atoms. The molecule has 2 heterocycles. The molecular formula is C21H25F3N4O3S. The maximum atomic E-state index is 12.9.